The summed E-state index contributed by atoms with van der Waals surface area (Å²) in [4.78, 5) is 19.1. The molecule has 3 rings (SSSR count). The lowest BCUT2D eigenvalue weighted by Gasteiger charge is -2.16. The number of nitrogens with two attached hydrogens (primary N) is 1. The van der Waals surface area contributed by atoms with E-state index in [1.165, 1.54) is 0 Å². The van der Waals surface area contributed by atoms with Gasteiger partial charge >= 0.3 is 0 Å². The van der Waals surface area contributed by atoms with Crippen molar-refractivity contribution in [1.29, 1.82) is 0 Å². The third-order valence-electron chi connectivity index (χ3n) is 3.34. The smallest absolute Gasteiger partial charge is 0.243 e. The third kappa shape index (κ3) is 3.34. The van der Waals surface area contributed by atoms with Crippen molar-refractivity contribution in [3.05, 3.63) is 30.1 Å². The predicted octanol–water partition coefficient (Wildman–Crippen LogP) is 0.764. The summed E-state index contributed by atoms with van der Waals surface area (Å²) in [5.74, 6) is 6.97. The standard InChI is InChI=1S/C13H18N8/c14-20-12-17-11(16-9-10-3-5-15-6-4-10)18-13(19-12)21-7-1-2-8-21/h3-6H,1-2,7-9,14H2,(H2,16,17,18,19,20). The summed E-state index contributed by atoms with van der Waals surface area (Å²) < 4.78 is 0. The Bertz CT molecular complexity index is 582. The lowest BCUT2D eigenvalue weighted by molar-refractivity contribution is 0.876. The van der Waals surface area contributed by atoms with Crippen molar-refractivity contribution in [2.45, 2.75) is 19.4 Å². The van der Waals surface area contributed by atoms with E-state index >= 15 is 0 Å². The molecule has 1 saturated heterocycles. The van der Waals surface area contributed by atoms with Crippen molar-refractivity contribution in [3.63, 3.8) is 0 Å². The van der Waals surface area contributed by atoms with Crippen molar-refractivity contribution in [2.24, 2.45) is 5.84 Å². The van der Waals surface area contributed by atoms with Crippen LogP contribution in [-0.2, 0) is 6.54 Å². The summed E-state index contributed by atoms with van der Waals surface area (Å²) in [6, 6.07) is 3.88. The first-order valence-electron chi connectivity index (χ1n) is 6.95. The number of hydrogen-bond acceptors (Lipinski definition) is 8. The van der Waals surface area contributed by atoms with Crippen LogP contribution in [0.5, 0.6) is 0 Å². The lowest BCUT2D eigenvalue weighted by Crippen LogP contribution is -2.23. The highest BCUT2D eigenvalue weighted by molar-refractivity contribution is 5.44. The first-order valence-corrected chi connectivity index (χ1v) is 6.95. The molecular formula is C13H18N8. The van der Waals surface area contributed by atoms with Gasteiger partial charge in [0.2, 0.25) is 17.8 Å². The van der Waals surface area contributed by atoms with E-state index in [-0.39, 0.29) is 0 Å². The molecule has 1 aliphatic heterocycles. The molecule has 0 spiro atoms. The Hall–Kier alpha value is -2.48. The molecule has 2 aromatic heterocycles. The second-order valence-corrected chi connectivity index (χ2v) is 4.83. The average molecular weight is 286 g/mol. The summed E-state index contributed by atoms with van der Waals surface area (Å²) in [6.45, 7) is 2.56. The first kappa shape index (κ1) is 13.5. The molecule has 3 heterocycles. The molecule has 0 atom stereocenters. The van der Waals surface area contributed by atoms with Crippen molar-refractivity contribution in [1.82, 2.24) is 19.9 Å². The molecule has 110 valence electrons. The molecule has 0 saturated carbocycles. The molecular weight excluding hydrogens is 268 g/mol. The van der Waals surface area contributed by atoms with Gasteiger partial charge in [0.25, 0.3) is 0 Å². The summed E-state index contributed by atoms with van der Waals surface area (Å²) in [5.41, 5.74) is 3.60. The molecule has 0 unspecified atom stereocenters. The number of aromatic nitrogens is 4. The highest BCUT2D eigenvalue weighted by Crippen LogP contribution is 2.18. The number of rotatable bonds is 5. The average Bonchev–Trinajstić information content (AvgIpc) is 3.08. The zero-order chi connectivity index (χ0) is 14.5. The van der Waals surface area contributed by atoms with Crippen LogP contribution in [-0.4, -0.2) is 33.0 Å². The normalized spacial score (nSPS) is 14.2. The summed E-state index contributed by atoms with van der Waals surface area (Å²) in [6.07, 6.45) is 5.84. The van der Waals surface area contributed by atoms with E-state index in [1.807, 2.05) is 12.1 Å². The molecule has 2 aromatic rings. The predicted molar refractivity (Wildman–Crippen MR) is 80.6 cm³/mol. The van der Waals surface area contributed by atoms with Crippen LogP contribution >= 0.6 is 0 Å². The minimum atomic E-state index is 0.365. The van der Waals surface area contributed by atoms with E-state index in [1.54, 1.807) is 12.4 Å². The van der Waals surface area contributed by atoms with E-state index in [0.29, 0.717) is 24.4 Å². The van der Waals surface area contributed by atoms with Gasteiger partial charge in [0, 0.05) is 32.0 Å². The highest BCUT2D eigenvalue weighted by atomic mass is 15.4. The van der Waals surface area contributed by atoms with E-state index < -0.39 is 0 Å². The van der Waals surface area contributed by atoms with E-state index in [0.717, 1.165) is 31.5 Å². The Balaban J connectivity index is 1.75. The maximum atomic E-state index is 5.44. The van der Waals surface area contributed by atoms with Crippen LogP contribution in [0.25, 0.3) is 0 Å². The highest BCUT2D eigenvalue weighted by Gasteiger charge is 2.17. The molecule has 21 heavy (non-hydrogen) atoms. The summed E-state index contributed by atoms with van der Waals surface area (Å²) in [7, 11) is 0. The van der Waals surface area contributed by atoms with E-state index in [4.69, 9.17) is 5.84 Å². The van der Waals surface area contributed by atoms with Crippen LogP contribution in [0.3, 0.4) is 0 Å². The molecule has 1 aliphatic rings. The van der Waals surface area contributed by atoms with Gasteiger partial charge in [-0.25, -0.2) is 5.84 Å². The van der Waals surface area contributed by atoms with Gasteiger partial charge in [-0.15, -0.1) is 0 Å². The Morgan fingerprint density at radius 1 is 1.05 bits per heavy atom. The van der Waals surface area contributed by atoms with Gasteiger partial charge in [0.15, 0.2) is 0 Å². The Morgan fingerprint density at radius 3 is 2.48 bits per heavy atom. The van der Waals surface area contributed by atoms with Gasteiger partial charge in [-0.2, -0.15) is 15.0 Å². The number of nitrogens with zero attached hydrogens (tertiary/aromatic N) is 5. The topological polar surface area (TPSA) is 105 Å². The molecule has 0 aliphatic carbocycles. The summed E-state index contributed by atoms with van der Waals surface area (Å²) in [5, 5.41) is 3.19. The SMILES string of the molecule is NNc1nc(NCc2ccncc2)nc(N2CCCC2)n1. The van der Waals surface area contributed by atoms with E-state index in [2.05, 4.69) is 35.6 Å². The number of nitrogens with one attached hydrogen (secondary N) is 2. The van der Waals surface area contributed by atoms with Crippen LogP contribution < -0.4 is 21.5 Å². The zero-order valence-corrected chi connectivity index (χ0v) is 11.7. The number of nitrogen functional groups attached to an aromatic ring is 1. The largest absolute Gasteiger partial charge is 0.350 e. The molecule has 4 N–H and O–H groups in total. The maximum Gasteiger partial charge on any atom is 0.243 e. The van der Waals surface area contributed by atoms with Crippen molar-refractivity contribution < 1.29 is 0 Å². The summed E-state index contributed by atoms with van der Waals surface area (Å²) >= 11 is 0. The van der Waals surface area contributed by atoms with Gasteiger partial charge in [-0.3, -0.25) is 10.4 Å². The monoisotopic (exact) mass is 286 g/mol. The maximum absolute atomic E-state index is 5.44. The molecule has 0 bridgehead atoms. The van der Waals surface area contributed by atoms with Gasteiger partial charge in [-0.1, -0.05) is 0 Å². The minimum absolute atomic E-state index is 0.365. The molecule has 8 heteroatoms. The van der Waals surface area contributed by atoms with Gasteiger partial charge in [-0.05, 0) is 30.5 Å². The third-order valence-corrected chi connectivity index (χ3v) is 3.34. The number of hydrogen-bond donors (Lipinski definition) is 3. The fourth-order valence-corrected chi connectivity index (χ4v) is 2.25. The van der Waals surface area contributed by atoms with Gasteiger partial charge in [0.05, 0.1) is 0 Å². The van der Waals surface area contributed by atoms with Crippen LogP contribution in [0.15, 0.2) is 24.5 Å². The van der Waals surface area contributed by atoms with Crippen LogP contribution in [0.1, 0.15) is 18.4 Å². The Labute approximate surface area is 122 Å². The van der Waals surface area contributed by atoms with Crippen molar-refractivity contribution >= 4 is 17.8 Å². The molecule has 1 fully saturated rings. The zero-order valence-electron chi connectivity index (χ0n) is 11.7. The molecule has 8 nitrogen and oxygen atoms in total. The number of pyridine rings is 1. The lowest BCUT2D eigenvalue weighted by atomic mass is 10.3. The van der Waals surface area contributed by atoms with Crippen molar-refractivity contribution in [2.75, 3.05) is 28.7 Å². The molecule has 0 aromatic carbocycles. The van der Waals surface area contributed by atoms with Gasteiger partial charge < -0.3 is 10.2 Å². The quantitative estimate of drug-likeness (QED) is 0.546. The number of hydrazine groups is 1. The minimum Gasteiger partial charge on any atom is -0.350 e. The first-order chi connectivity index (χ1) is 10.3. The Morgan fingerprint density at radius 2 is 1.76 bits per heavy atom. The molecule has 0 amide bonds. The van der Waals surface area contributed by atoms with Gasteiger partial charge in [0.1, 0.15) is 0 Å². The fourth-order valence-electron chi connectivity index (χ4n) is 2.25. The second-order valence-electron chi connectivity index (χ2n) is 4.83. The van der Waals surface area contributed by atoms with Crippen LogP contribution in [0.2, 0.25) is 0 Å². The van der Waals surface area contributed by atoms with Crippen molar-refractivity contribution in [3.8, 4) is 0 Å². The van der Waals surface area contributed by atoms with Crippen LogP contribution in [0.4, 0.5) is 17.8 Å². The number of anilines is 3. The Kier molecular flexibility index (Phi) is 4.06. The fraction of sp³-hybridized carbons (Fsp3) is 0.385. The second kappa shape index (κ2) is 6.31. The molecule has 0 radical (unpaired) electrons. The van der Waals surface area contributed by atoms with E-state index in [9.17, 15) is 0 Å². The van der Waals surface area contributed by atoms with Crippen LogP contribution in [0, 0.1) is 0 Å².